The van der Waals surface area contributed by atoms with Gasteiger partial charge in [0.05, 0.1) is 0 Å². The second kappa shape index (κ2) is 15.6. The van der Waals surface area contributed by atoms with Crippen LogP contribution in [-0.2, 0) is 4.79 Å². The molecule has 6 unspecified atom stereocenters. The van der Waals surface area contributed by atoms with Gasteiger partial charge in [0.2, 0.25) is 0 Å². The molecule has 1 heteroatoms. The minimum Gasteiger partial charge on any atom is -0.300 e. The van der Waals surface area contributed by atoms with Crippen LogP contribution in [-0.4, -0.2) is 5.78 Å². The van der Waals surface area contributed by atoms with E-state index in [1.54, 1.807) is 0 Å². The maximum Gasteiger partial charge on any atom is 0.132 e. The van der Waals surface area contributed by atoms with Gasteiger partial charge in [-0.2, -0.15) is 0 Å². The first-order valence-corrected chi connectivity index (χ1v) is 18.0. The van der Waals surface area contributed by atoms with Crippen LogP contribution in [0, 0.1) is 59.2 Å². The molecule has 0 aromatic heterocycles. The topological polar surface area (TPSA) is 17.1 Å². The van der Waals surface area contributed by atoms with Gasteiger partial charge in [0.1, 0.15) is 5.78 Å². The van der Waals surface area contributed by atoms with Gasteiger partial charge in [0.15, 0.2) is 0 Å². The summed E-state index contributed by atoms with van der Waals surface area (Å²) in [5, 5.41) is 0. The molecule has 0 saturated heterocycles. The monoisotopic (exact) mass is 527 g/mol. The lowest BCUT2D eigenvalue weighted by molar-refractivity contribution is -0.119. The maximum atomic E-state index is 12.6. The van der Waals surface area contributed by atoms with E-state index in [1.165, 1.54) is 116 Å². The smallest absolute Gasteiger partial charge is 0.132 e. The molecule has 0 aromatic carbocycles. The van der Waals surface area contributed by atoms with E-state index in [9.17, 15) is 4.79 Å². The van der Waals surface area contributed by atoms with Gasteiger partial charge >= 0.3 is 0 Å². The van der Waals surface area contributed by atoms with Gasteiger partial charge in [-0.25, -0.2) is 0 Å². The van der Waals surface area contributed by atoms with Crippen LogP contribution < -0.4 is 0 Å². The summed E-state index contributed by atoms with van der Waals surface area (Å²) in [4.78, 5) is 12.6. The zero-order valence-corrected chi connectivity index (χ0v) is 26.2. The summed E-state index contributed by atoms with van der Waals surface area (Å²) in [5.74, 6) is 10.4. The van der Waals surface area contributed by atoms with E-state index in [-0.39, 0.29) is 0 Å². The Bertz CT molecular complexity index is 610. The molecule has 0 aromatic rings. The van der Waals surface area contributed by atoms with Gasteiger partial charge in [0, 0.05) is 12.8 Å². The highest BCUT2D eigenvalue weighted by atomic mass is 16.1. The molecule has 0 bridgehead atoms. The number of hydrogen-bond acceptors (Lipinski definition) is 1. The lowest BCUT2D eigenvalue weighted by Gasteiger charge is -2.41. The molecule has 220 valence electrons. The van der Waals surface area contributed by atoms with Crippen molar-refractivity contribution in [3.8, 4) is 0 Å². The molecule has 4 rings (SSSR count). The molecular formula is C37H66O. The number of rotatable bonds is 12. The maximum absolute atomic E-state index is 12.6. The molecule has 0 radical (unpaired) electrons. The molecule has 0 spiro atoms. The highest BCUT2D eigenvalue weighted by Crippen LogP contribution is 2.46. The second-order valence-electron chi connectivity index (χ2n) is 15.3. The van der Waals surface area contributed by atoms with Gasteiger partial charge in [-0.3, -0.25) is 4.79 Å². The van der Waals surface area contributed by atoms with Crippen LogP contribution >= 0.6 is 0 Å². The number of hydrogen-bond donors (Lipinski definition) is 0. The average molecular weight is 527 g/mol. The quantitative estimate of drug-likeness (QED) is 0.247. The molecular weight excluding hydrogens is 460 g/mol. The van der Waals surface area contributed by atoms with E-state index in [2.05, 4.69) is 27.7 Å². The fourth-order valence-electron chi connectivity index (χ4n) is 10.3. The first kappa shape index (κ1) is 30.6. The van der Waals surface area contributed by atoms with Crippen molar-refractivity contribution in [1.82, 2.24) is 0 Å². The third-order valence-electron chi connectivity index (χ3n) is 13.0. The summed E-state index contributed by atoms with van der Waals surface area (Å²) in [5.41, 5.74) is 0. The number of carbonyl (C=O) groups is 1. The lowest BCUT2D eigenvalue weighted by atomic mass is 9.64. The number of carbonyl (C=O) groups excluding carboxylic acids is 1. The van der Waals surface area contributed by atoms with Gasteiger partial charge < -0.3 is 0 Å². The van der Waals surface area contributed by atoms with Crippen LogP contribution in [0.5, 0.6) is 0 Å². The summed E-state index contributed by atoms with van der Waals surface area (Å²) >= 11 is 0. The molecule has 0 heterocycles. The summed E-state index contributed by atoms with van der Waals surface area (Å²) in [6.07, 6.45) is 30.1. The highest BCUT2D eigenvalue weighted by Gasteiger charge is 2.35. The Balaban J connectivity index is 1.02. The Morgan fingerprint density at radius 3 is 1.24 bits per heavy atom. The fraction of sp³-hybridized carbons (Fsp3) is 0.973. The predicted octanol–water partition coefficient (Wildman–Crippen LogP) is 11.4. The second-order valence-corrected chi connectivity index (χ2v) is 15.3. The number of ketones is 1. The summed E-state index contributed by atoms with van der Waals surface area (Å²) in [6, 6.07) is 0. The normalized spacial score (nSPS) is 40.6. The zero-order valence-electron chi connectivity index (χ0n) is 26.2. The van der Waals surface area contributed by atoms with Gasteiger partial charge in [-0.15, -0.1) is 0 Å². The molecule has 6 atom stereocenters. The summed E-state index contributed by atoms with van der Waals surface area (Å²) < 4.78 is 0. The SMILES string of the molecule is CCC1CCC(C2CCC(CCCC(=O)CCCC3CCC(C4CCC(CC)CC4C)CC3)CC2)C(C)C1. The molecule has 38 heavy (non-hydrogen) atoms. The molecule has 4 saturated carbocycles. The van der Waals surface area contributed by atoms with Crippen molar-refractivity contribution in [2.45, 2.75) is 169 Å². The molecule has 4 aliphatic rings. The third kappa shape index (κ3) is 8.83. The van der Waals surface area contributed by atoms with E-state index in [0.717, 1.165) is 84.9 Å². The van der Waals surface area contributed by atoms with Crippen LogP contribution in [0.2, 0.25) is 0 Å². The Morgan fingerprint density at radius 1 is 0.526 bits per heavy atom. The van der Waals surface area contributed by atoms with Crippen molar-refractivity contribution in [2.75, 3.05) is 0 Å². The van der Waals surface area contributed by atoms with Crippen LogP contribution in [0.3, 0.4) is 0 Å². The van der Waals surface area contributed by atoms with Crippen LogP contribution in [0.25, 0.3) is 0 Å². The Labute approximate surface area is 238 Å². The fourth-order valence-corrected chi connectivity index (χ4v) is 10.3. The van der Waals surface area contributed by atoms with Crippen molar-refractivity contribution in [1.29, 1.82) is 0 Å². The summed E-state index contributed by atoms with van der Waals surface area (Å²) in [7, 11) is 0. The van der Waals surface area contributed by atoms with E-state index in [1.807, 2.05) is 0 Å². The van der Waals surface area contributed by atoms with Gasteiger partial charge in [0.25, 0.3) is 0 Å². The third-order valence-corrected chi connectivity index (χ3v) is 13.0. The van der Waals surface area contributed by atoms with Crippen molar-refractivity contribution < 1.29 is 4.79 Å². The average Bonchev–Trinajstić information content (AvgIpc) is 2.94. The molecule has 4 fully saturated rings. The first-order valence-electron chi connectivity index (χ1n) is 18.0. The van der Waals surface area contributed by atoms with E-state index < -0.39 is 0 Å². The Morgan fingerprint density at radius 2 is 0.895 bits per heavy atom. The molecule has 4 aliphatic carbocycles. The Kier molecular flexibility index (Phi) is 12.6. The van der Waals surface area contributed by atoms with Crippen molar-refractivity contribution in [2.24, 2.45) is 59.2 Å². The molecule has 0 amide bonds. The first-order chi connectivity index (χ1) is 18.5. The van der Waals surface area contributed by atoms with Gasteiger partial charge in [-0.05, 0) is 123 Å². The van der Waals surface area contributed by atoms with Crippen LogP contribution in [0.4, 0.5) is 0 Å². The summed E-state index contributed by atoms with van der Waals surface area (Å²) in [6.45, 7) is 9.87. The largest absolute Gasteiger partial charge is 0.300 e. The van der Waals surface area contributed by atoms with Crippen molar-refractivity contribution in [3.05, 3.63) is 0 Å². The molecule has 0 N–H and O–H groups in total. The van der Waals surface area contributed by atoms with Gasteiger partial charge in [-0.1, -0.05) is 91.9 Å². The molecule has 0 aliphatic heterocycles. The predicted molar refractivity (Wildman–Crippen MR) is 164 cm³/mol. The van der Waals surface area contributed by atoms with E-state index in [0.29, 0.717) is 5.78 Å². The number of Topliss-reactive ketones (excluding diaryl/α,β-unsaturated/α-hetero) is 1. The minimum absolute atomic E-state index is 0.565. The van der Waals surface area contributed by atoms with Crippen LogP contribution in [0.15, 0.2) is 0 Å². The lowest BCUT2D eigenvalue weighted by Crippen LogP contribution is -2.31. The zero-order chi connectivity index (χ0) is 26.9. The Hall–Kier alpha value is -0.330. The molecule has 1 nitrogen and oxygen atoms in total. The minimum atomic E-state index is 0.565. The highest BCUT2D eigenvalue weighted by molar-refractivity contribution is 5.78. The van der Waals surface area contributed by atoms with Crippen LogP contribution in [0.1, 0.15) is 169 Å². The van der Waals surface area contributed by atoms with Crippen molar-refractivity contribution in [3.63, 3.8) is 0 Å². The van der Waals surface area contributed by atoms with Crippen molar-refractivity contribution >= 4 is 5.78 Å². The van der Waals surface area contributed by atoms with E-state index >= 15 is 0 Å². The van der Waals surface area contributed by atoms with E-state index in [4.69, 9.17) is 0 Å². The standard InChI is InChI=1S/C37H66O/c1-5-29-17-23-36(27(3)25-29)33-19-13-31(14-20-33)9-7-11-35(38)12-8-10-32-15-21-34(22-16-32)37-24-18-30(6-2)26-28(37)4/h27-34,36-37H,5-26H2,1-4H3.